The summed E-state index contributed by atoms with van der Waals surface area (Å²) in [6, 6.07) is 19.4. The molecule has 0 unspecified atom stereocenters. The Morgan fingerprint density at radius 2 is 1.71 bits per heavy atom. The summed E-state index contributed by atoms with van der Waals surface area (Å²) in [7, 11) is 2.14. The Morgan fingerprint density at radius 3 is 2.62 bits per heavy atom. The summed E-state index contributed by atoms with van der Waals surface area (Å²) in [4.78, 5) is 0. The Kier molecular flexibility index (Phi) is 2.58. The van der Waals surface area contributed by atoms with Crippen LogP contribution in [0.1, 0.15) is 5.56 Å². The minimum absolute atomic E-state index is 1.25. The fourth-order valence-electron chi connectivity index (χ4n) is 3.14. The first-order valence-electron chi connectivity index (χ1n) is 7.20. The van der Waals surface area contributed by atoms with Crippen molar-refractivity contribution in [1.29, 1.82) is 0 Å². The lowest BCUT2D eigenvalue weighted by Crippen LogP contribution is -2.32. The Morgan fingerprint density at radius 1 is 0.857 bits per heavy atom. The fraction of sp³-hybridized carbons (Fsp3) is 0.105. The van der Waals surface area contributed by atoms with Crippen LogP contribution in [0.5, 0.6) is 0 Å². The van der Waals surface area contributed by atoms with E-state index in [1.54, 1.807) is 0 Å². The van der Waals surface area contributed by atoms with Gasteiger partial charge in [-0.25, -0.2) is 0 Å². The monoisotopic (exact) mass is 273 g/mol. The summed E-state index contributed by atoms with van der Waals surface area (Å²) in [6.07, 6.45) is 4.22. The second-order valence-corrected chi connectivity index (χ2v) is 5.51. The summed E-state index contributed by atoms with van der Waals surface area (Å²) in [5.41, 5.74) is 6.35. The zero-order chi connectivity index (χ0) is 14.4. The molecule has 3 aromatic heterocycles. The molecule has 0 fully saturated rings. The number of aromatic nitrogens is 2. The number of fused-ring (bicyclic) bond motifs is 2. The Labute approximate surface area is 123 Å². The van der Waals surface area contributed by atoms with Crippen LogP contribution in [0.3, 0.4) is 0 Å². The van der Waals surface area contributed by atoms with Gasteiger partial charge in [0.05, 0.1) is 11.1 Å². The predicted octanol–water partition coefficient (Wildman–Crippen LogP) is 3.89. The van der Waals surface area contributed by atoms with Crippen LogP contribution in [-0.4, -0.2) is 4.40 Å². The van der Waals surface area contributed by atoms with Crippen LogP contribution < -0.4 is 4.57 Å². The summed E-state index contributed by atoms with van der Waals surface area (Å²) in [5, 5.41) is 1.27. The fourth-order valence-corrected chi connectivity index (χ4v) is 3.14. The van der Waals surface area contributed by atoms with Crippen LogP contribution in [0.2, 0.25) is 0 Å². The van der Waals surface area contributed by atoms with Crippen molar-refractivity contribution in [1.82, 2.24) is 4.40 Å². The van der Waals surface area contributed by atoms with Crippen LogP contribution in [0.4, 0.5) is 0 Å². The van der Waals surface area contributed by atoms with Crippen LogP contribution in [0.15, 0.2) is 67.0 Å². The van der Waals surface area contributed by atoms with Gasteiger partial charge in [-0.3, -0.25) is 0 Å². The third kappa shape index (κ3) is 1.76. The number of hydrogen-bond acceptors (Lipinski definition) is 0. The average molecular weight is 273 g/mol. The van der Waals surface area contributed by atoms with Gasteiger partial charge in [-0.05, 0) is 42.8 Å². The van der Waals surface area contributed by atoms with E-state index in [9.17, 15) is 0 Å². The molecule has 0 atom stereocenters. The number of aryl methyl sites for hydroxylation is 2. The molecule has 1 aromatic carbocycles. The van der Waals surface area contributed by atoms with E-state index in [0.717, 1.165) is 0 Å². The van der Waals surface area contributed by atoms with E-state index < -0.39 is 0 Å². The predicted molar refractivity (Wildman–Crippen MR) is 86.3 cm³/mol. The van der Waals surface area contributed by atoms with E-state index in [1.807, 2.05) is 0 Å². The molecule has 4 aromatic rings. The molecule has 0 aliphatic rings. The lowest BCUT2D eigenvalue weighted by molar-refractivity contribution is -0.633. The molecule has 21 heavy (non-hydrogen) atoms. The Hall–Kier alpha value is -2.61. The number of hydrogen-bond donors (Lipinski definition) is 0. The molecule has 2 nitrogen and oxygen atoms in total. The Balaban J connectivity index is 2.11. The lowest BCUT2D eigenvalue weighted by Gasteiger charge is -2.09. The molecule has 0 bridgehead atoms. The van der Waals surface area contributed by atoms with Gasteiger partial charge in [0.15, 0.2) is 0 Å². The van der Waals surface area contributed by atoms with Crippen LogP contribution >= 0.6 is 0 Å². The largest absolute Gasteiger partial charge is 0.323 e. The van der Waals surface area contributed by atoms with Crippen molar-refractivity contribution < 1.29 is 4.57 Å². The molecule has 0 saturated heterocycles. The van der Waals surface area contributed by atoms with Crippen molar-refractivity contribution in [3.05, 3.63) is 72.6 Å². The standard InChI is InChI=1S/C19H17N2/c1-14-11-13-21-12-5-8-18(21)19(14)17-10-9-15-6-3-4-7-16(15)20(17)2/h3-13H,1-2H3/q+1. The minimum Gasteiger partial charge on any atom is -0.323 e. The molecule has 0 amide bonds. The average Bonchev–Trinajstić information content (AvgIpc) is 2.97. The van der Waals surface area contributed by atoms with Gasteiger partial charge < -0.3 is 4.40 Å². The van der Waals surface area contributed by atoms with Crippen molar-refractivity contribution in [3.63, 3.8) is 0 Å². The first-order valence-corrected chi connectivity index (χ1v) is 7.20. The molecule has 0 spiro atoms. The highest BCUT2D eigenvalue weighted by Gasteiger charge is 2.18. The smallest absolute Gasteiger partial charge is 0.215 e. The highest BCUT2D eigenvalue weighted by Crippen LogP contribution is 2.27. The van der Waals surface area contributed by atoms with Crippen LogP contribution in [0, 0.1) is 6.92 Å². The van der Waals surface area contributed by atoms with E-state index in [1.165, 1.54) is 33.2 Å². The van der Waals surface area contributed by atoms with Crippen molar-refractivity contribution in [2.45, 2.75) is 6.92 Å². The first kappa shape index (κ1) is 12.2. The molecular formula is C19H17N2+. The normalized spacial score (nSPS) is 11.3. The zero-order valence-electron chi connectivity index (χ0n) is 12.2. The highest BCUT2D eigenvalue weighted by molar-refractivity contribution is 5.83. The molecular weight excluding hydrogens is 256 g/mol. The Bertz CT molecular complexity index is 964. The molecule has 0 aliphatic carbocycles. The molecule has 0 radical (unpaired) electrons. The molecule has 0 saturated carbocycles. The quantitative estimate of drug-likeness (QED) is 0.465. The van der Waals surface area contributed by atoms with Crippen molar-refractivity contribution in [2.75, 3.05) is 0 Å². The van der Waals surface area contributed by atoms with Crippen molar-refractivity contribution >= 4 is 16.4 Å². The van der Waals surface area contributed by atoms with Gasteiger partial charge in [0, 0.05) is 29.9 Å². The first-order chi connectivity index (χ1) is 10.3. The summed E-state index contributed by atoms with van der Waals surface area (Å²) in [5.74, 6) is 0. The summed E-state index contributed by atoms with van der Waals surface area (Å²) < 4.78 is 4.46. The molecule has 0 aliphatic heterocycles. The SMILES string of the molecule is Cc1ccn2cccc2c1-c1ccc2ccccc2[n+]1C. The number of pyridine rings is 2. The topological polar surface area (TPSA) is 8.29 Å². The molecule has 4 rings (SSSR count). The lowest BCUT2D eigenvalue weighted by atomic mass is 10.0. The molecule has 102 valence electrons. The van der Waals surface area contributed by atoms with Gasteiger partial charge in [0.2, 0.25) is 11.2 Å². The molecule has 2 heteroatoms. The number of para-hydroxylation sites is 1. The number of rotatable bonds is 1. The van der Waals surface area contributed by atoms with E-state index >= 15 is 0 Å². The van der Waals surface area contributed by atoms with Gasteiger partial charge >= 0.3 is 0 Å². The maximum absolute atomic E-state index is 2.28. The highest BCUT2D eigenvalue weighted by atomic mass is 14.9. The number of nitrogens with zero attached hydrogens (tertiary/aromatic N) is 2. The molecule has 0 N–H and O–H groups in total. The van der Waals surface area contributed by atoms with Crippen LogP contribution in [0.25, 0.3) is 27.7 Å². The van der Waals surface area contributed by atoms with Gasteiger partial charge in [-0.2, -0.15) is 4.57 Å². The maximum Gasteiger partial charge on any atom is 0.215 e. The van der Waals surface area contributed by atoms with E-state index in [2.05, 4.69) is 89.9 Å². The van der Waals surface area contributed by atoms with Gasteiger partial charge in [0.25, 0.3) is 0 Å². The van der Waals surface area contributed by atoms with Crippen molar-refractivity contribution in [3.8, 4) is 11.3 Å². The summed E-state index contributed by atoms with van der Waals surface area (Å²) >= 11 is 0. The minimum atomic E-state index is 1.25. The third-order valence-corrected chi connectivity index (χ3v) is 4.25. The number of benzene rings is 1. The second kappa shape index (κ2) is 4.45. The van der Waals surface area contributed by atoms with Gasteiger partial charge in [0.1, 0.15) is 7.05 Å². The van der Waals surface area contributed by atoms with Crippen LogP contribution in [-0.2, 0) is 7.05 Å². The van der Waals surface area contributed by atoms with E-state index in [0.29, 0.717) is 0 Å². The van der Waals surface area contributed by atoms with Crippen molar-refractivity contribution in [2.24, 2.45) is 7.05 Å². The zero-order valence-corrected chi connectivity index (χ0v) is 12.2. The molecule has 3 heterocycles. The summed E-state index contributed by atoms with van der Waals surface area (Å²) in [6.45, 7) is 2.18. The second-order valence-electron chi connectivity index (χ2n) is 5.51. The van der Waals surface area contributed by atoms with Gasteiger partial charge in [-0.1, -0.05) is 12.1 Å². The van der Waals surface area contributed by atoms with E-state index in [-0.39, 0.29) is 0 Å². The third-order valence-electron chi connectivity index (χ3n) is 4.25. The van der Waals surface area contributed by atoms with E-state index in [4.69, 9.17) is 0 Å². The van der Waals surface area contributed by atoms with Gasteiger partial charge in [-0.15, -0.1) is 0 Å². The maximum atomic E-state index is 2.28.